The van der Waals surface area contributed by atoms with Crippen molar-refractivity contribution in [3.8, 4) is 17.6 Å². The summed E-state index contributed by atoms with van der Waals surface area (Å²) in [5.41, 5.74) is 6.35. The monoisotopic (exact) mass is 262 g/mol. The van der Waals surface area contributed by atoms with Gasteiger partial charge in [0.2, 0.25) is 0 Å². The molecular formula is C13H8ClFN2O. The number of nitrogen functional groups attached to an aromatic ring is 1. The number of nitrogens with two attached hydrogens (primary N) is 1. The molecule has 3 nitrogen and oxygen atoms in total. The van der Waals surface area contributed by atoms with Gasteiger partial charge >= 0.3 is 0 Å². The zero-order chi connectivity index (χ0) is 13.1. The lowest BCUT2D eigenvalue weighted by Gasteiger charge is -2.07. The van der Waals surface area contributed by atoms with Crippen molar-refractivity contribution in [2.75, 3.05) is 5.73 Å². The number of nitrogens with zero attached hydrogens (tertiary/aromatic N) is 1. The minimum absolute atomic E-state index is 0.0193. The molecule has 0 aliphatic heterocycles. The van der Waals surface area contributed by atoms with E-state index in [0.717, 1.165) is 0 Å². The molecule has 0 atom stereocenters. The van der Waals surface area contributed by atoms with E-state index >= 15 is 0 Å². The van der Waals surface area contributed by atoms with Crippen LogP contribution in [-0.2, 0) is 0 Å². The quantitative estimate of drug-likeness (QED) is 0.839. The molecule has 0 amide bonds. The fraction of sp³-hybridized carbons (Fsp3) is 0. The molecule has 0 saturated heterocycles. The minimum atomic E-state index is -0.511. The van der Waals surface area contributed by atoms with Crippen molar-refractivity contribution in [2.24, 2.45) is 0 Å². The number of anilines is 1. The largest absolute Gasteiger partial charge is 0.457 e. The Morgan fingerprint density at radius 3 is 2.44 bits per heavy atom. The van der Waals surface area contributed by atoms with Crippen molar-refractivity contribution in [3.05, 3.63) is 52.8 Å². The lowest BCUT2D eigenvalue weighted by Crippen LogP contribution is -1.92. The molecule has 2 N–H and O–H groups in total. The summed E-state index contributed by atoms with van der Waals surface area (Å²) in [7, 11) is 0. The topological polar surface area (TPSA) is 59.0 Å². The second-order valence-electron chi connectivity index (χ2n) is 3.54. The normalized spacial score (nSPS) is 9.83. The van der Waals surface area contributed by atoms with Gasteiger partial charge in [-0.15, -0.1) is 0 Å². The third-order valence-corrected chi connectivity index (χ3v) is 2.56. The first-order valence-electron chi connectivity index (χ1n) is 5.02. The molecule has 5 heteroatoms. The zero-order valence-electron chi connectivity index (χ0n) is 9.15. The highest BCUT2D eigenvalue weighted by molar-refractivity contribution is 6.30. The average molecular weight is 263 g/mol. The van der Waals surface area contributed by atoms with Crippen LogP contribution in [0.4, 0.5) is 10.1 Å². The van der Waals surface area contributed by atoms with Crippen LogP contribution in [0.3, 0.4) is 0 Å². The highest BCUT2D eigenvalue weighted by atomic mass is 35.5. The molecule has 0 saturated carbocycles. The summed E-state index contributed by atoms with van der Waals surface area (Å²) in [6, 6.07) is 10.7. The van der Waals surface area contributed by atoms with E-state index in [9.17, 15) is 4.39 Å². The third-order valence-electron chi connectivity index (χ3n) is 2.27. The standard InChI is InChI=1S/C13H8ClFN2O/c14-11-5-9(3-4-12(11)15)18-10-2-1-8(7-16)13(17)6-10/h1-6H,17H2. The van der Waals surface area contributed by atoms with Gasteiger partial charge in [0.05, 0.1) is 16.3 Å². The molecule has 90 valence electrons. The lowest BCUT2D eigenvalue weighted by molar-refractivity contribution is 0.481. The van der Waals surface area contributed by atoms with Crippen LogP contribution >= 0.6 is 11.6 Å². The van der Waals surface area contributed by atoms with Gasteiger partial charge in [0.25, 0.3) is 0 Å². The first-order valence-corrected chi connectivity index (χ1v) is 5.40. The van der Waals surface area contributed by atoms with E-state index in [0.29, 0.717) is 22.7 Å². The van der Waals surface area contributed by atoms with Crippen LogP contribution < -0.4 is 10.5 Å². The smallest absolute Gasteiger partial charge is 0.142 e. The van der Waals surface area contributed by atoms with E-state index in [1.807, 2.05) is 6.07 Å². The molecular weight excluding hydrogens is 255 g/mol. The predicted molar refractivity (Wildman–Crippen MR) is 67.1 cm³/mol. The van der Waals surface area contributed by atoms with Crippen LogP contribution in [-0.4, -0.2) is 0 Å². The first kappa shape index (κ1) is 12.2. The number of nitriles is 1. The number of hydrogen-bond donors (Lipinski definition) is 1. The van der Waals surface area contributed by atoms with Gasteiger partial charge in [-0.05, 0) is 24.3 Å². The summed E-state index contributed by atoms with van der Waals surface area (Å²) in [5, 5.41) is 8.72. The van der Waals surface area contributed by atoms with Gasteiger partial charge in [-0.3, -0.25) is 0 Å². The first-order chi connectivity index (χ1) is 8.60. The van der Waals surface area contributed by atoms with Gasteiger partial charge in [-0.1, -0.05) is 11.6 Å². The highest BCUT2D eigenvalue weighted by Crippen LogP contribution is 2.28. The number of hydrogen-bond acceptors (Lipinski definition) is 3. The molecule has 2 aromatic rings. The second kappa shape index (κ2) is 4.94. The Bertz CT molecular complexity index is 637. The van der Waals surface area contributed by atoms with Crippen molar-refractivity contribution < 1.29 is 9.13 Å². The average Bonchev–Trinajstić information content (AvgIpc) is 2.34. The Balaban J connectivity index is 2.26. The summed E-state index contributed by atoms with van der Waals surface area (Å²) in [4.78, 5) is 0. The molecule has 0 aliphatic carbocycles. The molecule has 2 rings (SSSR count). The summed E-state index contributed by atoms with van der Waals surface area (Å²) >= 11 is 5.64. The van der Waals surface area contributed by atoms with Crippen LogP contribution in [0.15, 0.2) is 36.4 Å². The molecule has 0 fully saturated rings. The van der Waals surface area contributed by atoms with Crippen molar-refractivity contribution >= 4 is 17.3 Å². The second-order valence-corrected chi connectivity index (χ2v) is 3.95. The van der Waals surface area contributed by atoms with Crippen LogP contribution in [0, 0.1) is 17.1 Å². The maximum absolute atomic E-state index is 13.0. The lowest BCUT2D eigenvalue weighted by atomic mass is 10.2. The van der Waals surface area contributed by atoms with E-state index in [2.05, 4.69) is 0 Å². The molecule has 0 bridgehead atoms. The van der Waals surface area contributed by atoms with Crippen LogP contribution in [0.1, 0.15) is 5.56 Å². The van der Waals surface area contributed by atoms with Crippen LogP contribution in [0.5, 0.6) is 11.5 Å². The molecule has 18 heavy (non-hydrogen) atoms. The highest BCUT2D eigenvalue weighted by Gasteiger charge is 2.05. The maximum atomic E-state index is 13.0. The molecule has 0 aliphatic rings. The summed E-state index contributed by atoms with van der Waals surface area (Å²) < 4.78 is 18.4. The van der Waals surface area contributed by atoms with Gasteiger partial charge in [-0.2, -0.15) is 5.26 Å². The van der Waals surface area contributed by atoms with Crippen molar-refractivity contribution in [1.29, 1.82) is 5.26 Å². The van der Waals surface area contributed by atoms with E-state index in [-0.39, 0.29) is 5.02 Å². The minimum Gasteiger partial charge on any atom is -0.457 e. The molecule has 0 radical (unpaired) electrons. The Kier molecular flexibility index (Phi) is 3.35. The van der Waals surface area contributed by atoms with E-state index in [1.54, 1.807) is 12.1 Å². The Hall–Kier alpha value is -2.25. The van der Waals surface area contributed by atoms with Gasteiger partial charge in [0.1, 0.15) is 23.4 Å². The van der Waals surface area contributed by atoms with E-state index < -0.39 is 5.82 Å². The fourth-order valence-electron chi connectivity index (χ4n) is 1.38. The molecule has 0 spiro atoms. The Labute approximate surface area is 108 Å². The number of rotatable bonds is 2. The number of halogens is 2. The molecule has 0 heterocycles. The number of benzene rings is 2. The van der Waals surface area contributed by atoms with E-state index in [1.165, 1.54) is 24.3 Å². The van der Waals surface area contributed by atoms with Gasteiger partial charge < -0.3 is 10.5 Å². The fourth-order valence-corrected chi connectivity index (χ4v) is 1.55. The van der Waals surface area contributed by atoms with Crippen molar-refractivity contribution in [2.45, 2.75) is 0 Å². The summed E-state index contributed by atoms with van der Waals surface area (Å²) in [5.74, 6) is 0.336. The Morgan fingerprint density at radius 1 is 1.17 bits per heavy atom. The van der Waals surface area contributed by atoms with Gasteiger partial charge in [-0.25, -0.2) is 4.39 Å². The van der Waals surface area contributed by atoms with Crippen LogP contribution in [0.2, 0.25) is 5.02 Å². The summed E-state index contributed by atoms with van der Waals surface area (Å²) in [6.45, 7) is 0. The van der Waals surface area contributed by atoms with Crippen molar-refractivity contribution in [3.63, 3.8) is 0 Å². The SMILES string of the molecule is N#Cc1ccc(Oc2ccc(F)c(Cl)c2)cc1N. The maximum Gasteiger partial charge on any atom is 0.142 e. The predicted octanol–water partition coefficient (Wildman–Crippen LogP) is 3.73. The third kappa shape index (κ3) is 2.53. The zero-order valence-corrected chi connectivity index (χ0v) is 9.91. The van der Waals surface area contributed by atoms with Gasteiger partial charge in [0, 0.05) is 12.1 Å². The molecule has 0 unspecified atom stereocenters. The Morgan fingerprint density at radius 2 is 1.83 bits per heavy atom. The van der Waals surface area contributed by atoms with Crippen LogP contribution in [0.25, 0.3) is 0 Å². The van der Waals surface area contributed by atoms with Gasteiger partial charge in [0.15, 0.2) is 0 Å². The van der Waals surface area contributed by atoms with Crippen molar-refractivity contribution in [1.82, 2.24) is 0 Å². The summed E-state index contributed by atoms with van der Waals surface area (Å²) in [6.07, 6.45) is 0. The molecule has 2 aromatic carbocycles. The molecule has 0 aromatic heterocycles. The number of ether oxygens (including phenoxy) is 1. The van der Waals surface area contributed by atoms with E-state index in [4.69, 9.17) is 27.3 Å².